The lowest BCUT2D eigenvalue weighted by molar-refractivity contribution is -0.197. The molecule has 0 radical (unpaired) electrons. The number of piperidine rings is 1. The van der Waals surface area contributed by atoms with Gasteiger partial charge in [-0.25, -0.2) is 4.79 Å². The lowest BCUT2D eigenvalue weighted by Crippen LogP contribution is -2.61. The second kappa shape index (κ2) is 11.9. The van der Waals surface area contributed by atoms with Gasteiger partial charge in [-0.1, -0.05) is 21.6 Å². The van der Waals surface area contributed by atoms with Crippen molar-refractivity contribution in [2.24, 2.45) is 0 Å². The number of hydroxylamine groups is 2. The first kappa shape index (κ1) is 26.2. The fraction of sp³-hybridized carbons (Fsp3) is 0.684. The molecule has 3 aliphatic rings. The molecular formula is C19H25N3O10S2. The van der Waals surface area contributed by atoms with Crippen LogP contribution in [-0.4, -0.2) is 98.3 Å². The maximum atomic E-state index is 12.0. The Morgan fingerprint density at radius 1 is 1.00 bits per heavy atom. The molecule has 0 aromatic rings. The molecule has 0 bridgehead atoms. The lowest BCUT2D eigenvalue weighted by atomic mass is 9.95. The number of imide groups is 1. The second-order valence-electron chi connectivity index (χ2n) is 7.80. The molecule has 34 heavy (non-hydrogen) atoms. The van der Waals surface area contributed by atoms with Gasteiger partial charge in [0, 0.05) is 30.8 Å². The fourth-order valence-corrected chi connectivity index (χ4v) is 5.69. The molecule has 0 aliphatic carbocycles. The Hall–Kier alpha value is -2.36. The standard InChI is InChI=1S/C19H25N3O10S2/c23-11-8-10(21-17(16(11)28)20-18(29)19(21)30)9-31-14(26)5-7-34-33-6-1-2-15(27)32-22-12(24)3-4-13(22)25/h10-11,16-17,23,28H,1-9H2,(H,20,29). The first-order valence-corrected chi connectivity index (χ1v) is 13.1. The number of aliphatic hydroxyl groups is 2. The van der Waals surface area contributed by atoms with Crippen molar-refractivity contribution in [3.05, 3.63) is 0 Å². The minimum Gasteiger partial charge on any atom is -0.463 e. The Labute approximate surface area is 202 Å². The van der Waals surface area contributed by atoms with E-state index in [9.17, 15) is 39.0 Å². The van der Waals surface area contributed by atoms with E-state index in [1.165, 1.54) is 21.6 Å². The van der Waals surface area contributed by atoms with Crippen LogP contribution in [0.25, 0.3) is 0 Å². The first-order chi connectivity index (χ1) is 16.2. The molecule has 4 amide bonds. The summed E-state index contributed by atoms with van der Waals surface area (Å²) in [6.45, 7) is -0.207. The molecule has 3 heterocycles. The normalized spacial score (nSPS) is 26.5. The van der Waals surface area contributed by atoms with Crippen LogP contribution in [0.3, 0.4) is 0 Å². The summed E-state index contributed by atoms with van der Waals surface area (Å²) < 4.78 is 5.19. The van der Waals surface area contributed by atoms with E-state index in [2.05, 4.69) is 5.32 Å². The van der Waals surface area contributed by atoms with Crippen LogP contribution in [0.15, 0.2) is 0 Å². The van der Waals surface area contributed by atoms with Crippen molar-refractivity contribution in [1.82, 2.24) is 15.3 Å². The molecule has 3 aliphatic heterocycles. The van der Waals surface area contributed by atoms with Gasteiger partial charge in [-0.15, -0.1) is 5.06 Å². The number of nitrogens with zero attached hydrogens (tertiary/aromatic N) is 2. The van der Waals surface area contributed by atoms with Crippen molar-refractivity contribution in [3.63, 3.8) is 0 Å². The van der Waals surface area contributed by atoms with Crippen LogP contribution in [0.4, 0.5) is 0 Å². The lowest BCUT2D eigenvalue weighted by Gasteiger charge is -2.41. The highest BCUT2D eigenvalue weighted by Gasteiger charge is 2.51. The van der Waals surface area contributed by atoms with Crippen molar-refractivity contribution < 1.29 is 48.6 Å². The predicted octanol–water partition coefficient (Wildman–Crippen LogP) is -1.53. The van der Waals surface area contributed by atoms with E-state index in [0.29, 0.717) is 23.0 Å². The first-order valence-electron chi connectivity index (χ1n) is 10.6. The predicted molar refractivity (Wildman–Crippen MR) is 116 cm³/mol. The Balaban J connectivity index is 1.26. The molecule has 188 valence electrons. The monoisotopic (exact) mass is 519 g/mol. The summed E-state index contributed by atoms with van der Waals surface area (Å²) in [4.78, 5) is 76.0. The minimum atomic E-state index is -1.32. The van der Waals surface area contributed by atoms with Gasteiger partial charge in [0.05, 0.1) is 18.6 Å². The SMILES string of the molecule is O=C(CCSSCCCC(=O)ON1C(=O)CCC1=O)OCC1CC(O)C(O)C2NC(=O)C(=O)N12. The Bertz CT molecular complexity index is 840. The van der Waals surface area contributed by atoms with E-state index in [-0.39, 0.29) is 38.7 Å². The van der Waals surface area contributed by atoms with Crippen molar-refractivity contribution in [3.8, 4) is 0 Å². The largest absolute Gasteiger partial charge is 0.463 e. The molecule has 4 unspecified atom stereocenters. The number of esters is 1. The van der Waals surface area contributed by atoms with Crippen molar-refractivity contribution >= 4 is 57.2 Å². The summed E-state index contributed by atoms with van der Waals surface area (Å²) in [5.74, 6) is -2.93. The molecule has 0 aromatic heterocycles. The number of hydrogen-bond acceptors (Lipinski definition) is 12. The van der Waals surface area contributed by atoms with Gasteiger partial charge >= 0.3 is 23.8 Å². The second-order valence-corrected chi connectivity index (χ2v) is 10.5. The topological polar surface area (TPSA) is 180 Å². The van der Waals surface area contributed by atoms with E-state index < -0.39 is 60.0 Å². The zero-order valence-electron chi connectivity index (χ0n) is 18.0. The number of ether oxygens (including phenoxy) is 1. The molecular weight excluding hydrogens is 494 g/mol. The third-order valence-electron chi connectivity index (χ3n) is 5.35. The third-order valence-corrected chi connectivity index (χ3v) is 7.84. The molecule has 3 fully saturated rings. The number of hydrogen-bond donors (Lipinski definition) is 3. The van der Waals surface area contributed by atoms with Gasteiger partial charge < -0.3 is 30.0 Å². The van der Waals surface area contributed by atoms with Gasteiger partial charge in [-0.3, -0.25) is 24.0 Å². The fourth-order valence-electron chi connectivity index (χ4n) is 3.63. The average Bonchev–Trinajstić information content (AvgIpc) is 3.27. The quantitative estimate of drug-likeness (QED) is 0.0943. The Morgan fingerprint density at radius 2 is 1.68 bits per heavy atom. The highest BCUT2D eigenvalue weighted by Crippen LogP contribution is 2.27. The smallest absolute Gasteiger partial charge is 0.333 e. The third kappa shape index (κ3) is 6.40. The molecule has 15 heteroatoms. The number of amides is 4. The molecule has 13 nitrogen and oxygen atoms in total. The molecule has 0 aromatic carbocycles. The van der Waals surface area contributed by atoms with E-state index in [0.717, 1.165) is 4.90 Å². The van der Waals surface area contributed by atoms with Crippen LogP contribution in [0.2, 0.25) is 0 Å². The van der Waals surface area contributed by atoms with Gasteiger partial charge in [0.1, 0.15) is 18.9 Å². The van der Waals surface area contributed by atoms with Crippen LogP contribution in [0, 0.1) is 0 Å². The molecule has 0 saturated carbocycles. The zero-order valence-corrected chi connectivity index (χ0v) is 19.7. The van der Waals surface area contributed by atoms with E-state index in [4.69, 9.17) is 9.57 Å². The molecule has 3 rings (SSSR count). The highest BCUT2D eigenvalue weighted by molar-refractivity contribution is 8.76. The summed E-state index contributed by atoms with van der Waals surface area (Å²) in [7, 11) is 2.83. The minimum absolute atomic E-state index is 0.0290. The summed E-state index contributed by atoms with van der Waals surface area (Å²) in [5, 5.41) is 22.8. The maximum Gasteiger partial charge on any atom is 0.333 e. The molecule has 3 saturated heterocycles. The Morgan fingerprint density at radius 3 is 2.38 bits per heavy atom. The van der Waals surface area contributed by atoms with Crippen molar-refractivity contribution in [1.29, 1.82) is 0 Å². The van der Waals surface area contributed by atoms with Crippen molar-refractivity contribution in [2.75, 3.05) is 18.1 Å². The average molecular weight is 520 g/mol. The van der Waals surface area contributed by atoms with Crippen LogP contribution in [-0.2, 0) is 38.3 Å². The number of nitrogens with one attached hydrogen (secondary N) is 1. The van der Waals surface area contributed by atoms with E-state index in [1.807, 2.05) is 0 Å². The summed E-state index contributed by atoms with van der Waals surface area (Å²) in [5.41, 5.74) is 0. The molecule has 0 spiro atoms. The number of aliphatic hydroxyl groups excluding tert-OH is 2. The summed E-state index contributed by atoms with van der Waals surface area (Å²) >= 11 is 0. The molecule has 3 N–H and O–H groups in total. The van der Waals surface area contributed by atoms with Crippen LogP contribution < -0.4 is 5.32 Å². The van der Waals surface area contributed by atoms with Gasteiger partial charge in [0.2, 0.25) is 0 Å². The van der Waals surface area contributed by atoms with E-state index >= 15 is 0 Å². The van der Waals surface area contributed by atoms with Gasteiger partial charge in [-0.2, -0.15) is 0 Å². The van der Waals surface area contributed by atoms with Crippen molar-refractivity contribution in [2.45, 2.75) is 62.9 Å². The summed E-state index contributed by atoms with van der Waals surface area (Å²) in [6.07, 6.45) is -2.88. The van der Waals surface area contributed by atoms with Crippen LogP contribution in [0.1, 0.15) is 38.5 Å². The highest BCUT2D eigenvalue weighted by atomic mass is 33.1. The zero-order chi connectivity index (χ0) is 24.8. The number of carbonyl (C=O) groups excluding carboxylic acids is 6. The number of rotatable bonds is 11. The van der Waals surface area contributed by atoms with Gasteiger partial charge in [0.25, 0.3) is 11.8 Å². The van der Waals surface area contributed by atoms with Crippen LogP contribution >= 0.6 is 21.6 Å². The maximum absolute atomic E-state index is 12.0. The van der Waals surface area contributed by atoms with Crippen LogP contribution in [0.5, 0.6) is 0 Å². The van der Waals surface area contributed by atoms with E-state index in [1.54, 1.807) is 0 Å². The van der Waals surface area contributed by atoms with Gasteiger partial charge in [-0.05, 0) is 12.8 Å². The number of carbonyl (C=O) groups is 6. The number of fused-ring (bicyclic) bond motifs is 1. The van der Waals surface area contributed by atoms with Gasteiger partial charge in [0.15, 0.2) is 0 Å². The summed E-state index contributed by atoms with van der Waals surface area (Å²) in [6, 6.07) is -0.730. The Kier molecular flexibility index (Phi) is 9.16. The molecule has 4 atom stereocenters.